The van der Waals surface area contributed by atoms with Gasteiger partial charge in [0.2, 0.25) is 0 Å². The van der Waals surface area contributed by atoms with Crippen molar-refractivity contribution in [2.45, 2.75) is 69.4 Å². The van der Waals surface area contributed by atoms with Gasteiger partial charge in [-0.15, -0.1) is 5.48 Å². The lowest BCUT2D eigenvalue weighted by Crippen LogP contribution is -2.34. The van der Waals surface area contributed by atoms with Crippen LogP contribution in [-0.2, 0) is 19.4 Å². The van der Waals surface area contributed by atoms with Crippen molar-refractivity contribution in [3.8, 4) is 11.3 Å². The third kappa shape index (κ3) is 6.17. The van der Waals surface area contributed by atoms with Gasteiger partial charge in [0.05, 0.1) is 39.7 Å². The summed E-state index contributed by atoms with van der Waals surface area (Å²) in [5, 5.41) is 2.38. The monoisotopic (exact) mass is 589 g/mol. The topological polar surface area (TPSA) is 135 Å². The van der Waals surface area contributed by atoms with E-state index in [1.807, 2.05) is 58.0 Å². The number of carbonyl (C=O) groups is 1. The van der Waals surface area contributed by atoms with Gasteiger partial charge in [0.1, 0.15) is 11.1 Å². The van der Waals surface area contributed by atoms with Crippen LogP contribution < -0.4 is 10.8 Å². The zero-order chi connectivity index (χ0) is 30.2. The van der Waals surface area contributed by atoms with Crippen LogP contribution in [0.25, 0.3) is 28.2 Å². The summed E-state index contributed by atoms with van der Waals surface area (Å²) in [6, 6.07) is 14.1. The van der Waals surface area contributed by atoms with Crippen LogP contribution >= 0.6 is 0 Å². The van der Waals surface area contributed by atoms with E-state index in [2.05, 4.69) is 20.8 Å². The van der Waals surface area contributed by atoms with E-state index in [1.165, 1.54) is 0 Å². The van der Waals surface area contributed by atoms with E-state index in [9.17, 15) is 13.2 Å². The van der Waals surface area contributed by atoms with Crippen molar-refractivity contribution in [2.75, 3.05) is 0 Å². The van der Waals surface area contributed by atoms with Crippen LogP contribution in [0.4, 0.5) is 4.79 Å². The number of nitrogens with zero attached hydrogens (tertiary/aromatic N) is 2. The maximum Gasteiger partial charge on any atom is 0.408 e. The molecule has 0 spiro atoms. The van der Waals surface area contributed by atoms with Gasteiger partial charge in [-0.1, -0.05) is 36.4 Å². The second-order valence-electron chi connectivity index (χ2n) is 11.5. The van der Waals surface area contributed by atoms with Gasteiger partial charge >= 0.3 is 6.09 Å². The van der Waals surface area contributed by atoms with Crippen LogP contribution in [0.3, 0.4) is 0 Å². The van der Waals surface area contributed by atoms with Crippen molar-refractivity contribution in [1.29, 1.82) is 0 Å². The number of aromatic nitrogens is 3. The Kier molecular flexibility index (Phi) is 7.82. The van der Waals surface area contributed by atoms with Gasteiger partial charge in [-0.05, 0) is 70.9 Å². The maximum absolute atomic E-state index is 12.5. The minimum atomic E-state index is -3.36. The lowest BCUT2D eigenvalue weighted by atomic mass is 10.0. The Balaban J connectivity index is 1.37. The quantitative estimate of drug-likeness (QED) is 0.239. The highest BCUT2D eigenvalue weighted by molar-refractivity contribution is 7.92. The lowest BCUT2D eigenvalue weighted by Gasteiger charge is -2.22. The van der Waals surface area contributed by atoms with Crippen molar-refractivity contribution in [1.82, 2.24) is 25.7 Å². The number of carbonyl (C=O) groups excluding carboxylic acids is 1. The summed E-state index contributed by atoms with van der Waals surface area (Å²) in [5.74, 6) is 0.599. The number of benzene rings is 2. The zero-order valence-corrected chi connectivity index (χ0v) is 25.2. The standard InChI is InChI=1S/C31H35N5O5S/c1-18(2)42(38,39)23-12-10-20(11-13-23)26-17-33-29-28(35-26)24(16-32-29)27-15-25(36-41-27)22-9-7-8-21(14-22)19(3)34-30(37)40-31(4,5)6/h7-19,25,36H,1-6H3,(H,32,33)(H,34,37). The molecule has 1 aliphatic rings. The lowest BCUT2D eigenvalue weighted by molar-refractivity contribution is 0.0508. The van der Waals surface area contributed by atoms with E-state index in [0.29, 0.717) is 22.6 Å². The highest BCUT2D eigenvalue weighted by atomic mass is 32.2. The maximum atomic E-state index is 12.5. The fourth-order valence-electron chi connectivity index (χ4n) is 4.55. The van der Waals surface area contributed by atoms with Crippen LogP contribution in [0.5, 0.6) is 0 Å². The van der Waals surface area contributed by atoms with Gasteiger partial charge in [0.15, 0.2) is 21.2 Å². The molecule has 0 bridgehead atoms. The Morgan fingerprint density at radius 3 is 2.52 bits per heavy atom. The molecule has 0 saturated heterocycles. The molecular formula is C31H35N5O5S. The molecule has 2 unspecified atom stereocenters. The average Bonchev–Trinajstić information content (AvgIpc) is 3.59. The molecule has 42 heavy (non-hydrogen) atoms. The molecule has 1 amide bonds. The van der Waals surface area contributed by atoms with Crippen molar-refractivity contribution in [3.05, 3.63) is 83.7 Å². The first kappa shape index (κ1) is 29.3. The van der Waals surface area contributed by atoms with Crippen LogP contribution in [0, 0.1) is 0 Å². The molecule has 3 heterocycles. The zero-order valence-electron chi connectivity index (χ0n) is 24.4. The van der Waals surface area contributed by atoms with Gasteiger partial charge in [-0.25, -0.2) is 23.2 Å². The summed E-state index contributed by atoms with van der Waals surface area (Å²) < 4.78 is 30.4. The Morgan fingerprint density at radius 2 is 1.83 bits per heavy atom. The minimum absolute atomic E-state index is 0.231. The fraction of sp³-hybridized carbons (Fsp3) is 0.323. The average molecular weight is 590 g/mol. The summed E-state index contributed by atoms with van der Waals surface area (Å²) in [6.45, 7) is 10.7. The number of aromatic amines is 1. The first-order chi connectivity index (χ1) is 19.8. The SMILES string of the molecule is CC(NC(=O)OC(C)(C)C)c1cccc(C2C=C(c3c[nH]c4ncc(-c5ccc(S(=O)(=O)C(C)C)cc5)nc34)ON2)c1. The van der Waals surface area contributed by atoms with Gasteiger partial charge in [0.25, 0.3) is 0 Å². The van der Waals surface area contributed by atoms with Crippen LogP contribution in [0.2, 0.25) is 0 Å². The Morgan fingerprint density at radius 1 is 1.10 bits per heavy atom. The molecule has 0 aliphatic carbocycles. The smallest absolute Gasteiger partial charge is 0.408 e. The molecule has 4 aromatic rings. The Bertz CT molecular complexity index is 1750. The number of nitrogens with one attached hydrogen (secondary N) is 3. The summed E-state index contributed by atoms with van der Waals surface area (Å²) in [4.78, 5) is 30.9. The molecule has 0 saturated carbocycles. The number of rotatable bonds is 7. The molecule has 0 fully saturated rings. The van der Waals surface area contributed by atoms with Crippen molar-refractivity contribution in [2.24, 2.45) is 0 Å². The van der Waals surface area contributed by atoms with Gasteiger partial charge in [0, 0.05) is 11.8 Å². The number of H-pyrrole nitrogens is 1. The number of alkyl carbamates (subject to hydrolysis) is 1. The Hall–Kier alpha value is -4.22. The molecule has 11 heteroatoms. The highest BCUT2D eigenvalue weighted by Crippen LogP contribution is 2.33. The molecule has 1 aliphatic heterocycles. The highest BCUT2D eigenvalue weighted by Gasteiger charge is 2.25. The van der Waals surface area contributed by atoms with Crippen molar-refractivity contribution >= 4 is 32.9 Å². The molecule has 2 aromatic heterocycles. The fourth-order valence-corrected chi connectivity index (χ4v) is 5.61. The van der Waals surface area contributed by atoms with Crippen LogP contribution in [0.15, 0.2) is 71.9 Å². The third-order valence-electron chi connectivity index (χ3n) is 6.86. The first-order valence-electron chi connectivity index (χ1n) is 13.7. The number of ether oxygens (including phenoxy) is 1. The van der Waals surface area contributed by atoms with E-state index in [-0.39, 0.29) is 17.0 Å². The molecule has 5 rings (SSSR count). The molecular weight excluding hydrogens is 554 g/mol. The molecule has 10 nitrogen and oxygen atoms in total. The number of sulfone groups is 1. The van der Waals surface area contributed by atoms with Crippen molar-refractivity contribution in [3.63, 3.8) is 0 Å². The predicted molar refractivity (Wildman–Crippen MR) is 161 cm³/mol. The minimum Gasteiger partial charge on any atom is -0.444 e. The first-order valence-corrected chi connectivity index (χ1v) is 15.3. The number of fused-ring (bicyclic) bond motifs is 1. The van der Waals surface area contributed by atoms with E-state index >= 15 is 0 Å². The molecule has 220 valence electrons. The second kappa shape index (κ2) is 11.2. The van der Waals surface area contributed by atoms with Crippen LogP contribution in [-0.4, -0.2) is 40.3 Å². The molecule has 3 N–H and O–H groups in total. The molecule has 2 atom stereocenters. The van der Waals surface area contributed by atoms with Crippen molar-refractivity contribution < 1.29 is 22.8 Å². The molecule has 0 radical (unpaired) electrons. The number of hydrogen-bond donors (Lipinski definition) is 3. The van der Waals surface area contributed by atoms with Gasteiger partial charge in [-0.3, -0.25) is 0 Å². The second-order valence-corrected chi connectivity index (χ2v) is 14.0. The Labute approximate surface area is 245 Å². The van der Waals surface area contributed by atoms with E-state index in [0.717, 1.165) is 22.3 Å². The predicted octanol–water partition coefficient (Wildman–Crippen LogP) is 6.01. The number of hydroxylamine groups is 1. The number of hydrogen-bond acceptors (Lipinski definition) is 8. The van der Waals surface area contributed by atoms with Crippen LogP contribution in [0.1, 0.15) is 70.3 Å². The summed E-state index contributed by atoms with van der Waals surface area (Å²) in [6.07, 6.45) is 4.94. The van der Waals surface area contributed by atoms with Gasteiger partial charge < -0.3 is 19.9 Å². The normalized spacial score (nSPS) is 16.3. The van der Waals surface area contributed by atoms with E-state index < -0.39 is 26.8 Å². The number of amides is 1. The summed E-state index contributed by atoms with van der Waals surface area (Å²) in [7, 11) is -3.36. The van der Waals surface area contributed by atoms with E-state index in [4.69, 9.17) is 14.6 Å². The largest absolute Gasteiger partial charge is 0.444 e. The van der Waals surface area contributed by atoms with E-state index in [1.54, 1.807) is 50.5 Å². The third-order valence-corrected chi connectivity index (χ3v) is 9.03. The summed E-state index contributed by atoms with van der Waals surface area (Å²) >= 11 is 0. The van der Waals surface area contributed by atoms with Gasteiger partial charge in [-0.2, -0.15) is 0 Å². The molecule has 2 aromatic carbocycles. The summed E-state index contributed by atoms with van der Waals surface area (Å²) in [5.41, 5.74) is 7.71.